The zero-order chi connectivity index (χ0) is 13.8. The second-order valence-electron chi connectivity index (χ2n) is 5.52. The van der Waals surface area contributed by atoms with Crippen LogP contribution in [0.5, 0.6) is 11.5 Å². The molecule has 0 aliphatic carbocycles. The third-order valence-electron chi connectivity index (χ3n) is 4.27. The van der Waals surface area contributed by atoms with Crippen LogP contribution >= 0.6 is 0 Å². The lowest BCUT2D eigenvalue weighted by Crippen LogP contribution is -2.32. The number of nitrogens with zero attached hydrogens (tertiary/aromatic N) is 1. The molecular formula is C16H24N2O2. The zero-order valence-electron chi connectivity index (χ0n) is 12.2. The Morgan fingerprint density at radius 2 is 2.20 bits per heavy atom. The Bertz CT molecular complexity index is 442. The fourth-order valence-corrected chi connectivity index (χ4v) is 3.27. The fourth-order valence-electron chi connectivity index (χ4n) is 3.27. The maximum atomic E-state index is 5.96. The van der Waals surface area contributed by atoms with Gasteiger partial charge in [0.05, 0.1) is 13.7 Å². The van der Waals surface area contributed by atoms with E-state index in [4.69, 9.17) is 9.47 Å². The van der Waals surface area contributed by atoms with Crippen molar-refractivity contribution >= 4 is 0 Å². The summed E-state index contributed by atoms with van der Waals surface area (Å²) in [6.45, 7) is 5.27. The molecule has 2 aliphatic rings. The van der Waals surface area contributed by atoms with E-state index in [1.165, 1.54) is 18.4 Å². The van der Waals surface area contributed by atoms with Crippen LogP contribution in [0, 0.1) is 0 Å². The summed E-state index contributed by atoms with van der Waals surface area (Å²) in [5, 5.41) is 3.48. The topological polar surface area (TPSA) is 33.7 Å². The molecule has 1 saturated heterocycles. The van der Waals surface area contributed by atoms with Gasteiger partial charge in [0.2, 0.25) is 0 Å². The van der Waals surface area contributed by atoms with Gasteiger partial charge in [-0.2, -0.15) is 0 Å². The molecule has 0 radical (unpaired) electrons. The quantitative estimate of drug-likeness (QED) is 0.898. The van der Waals surface area contributed by atoms with Crippen molar-refractivity contribution in [3.63, 3.8) is 0 Å². The Balaban J connectivity index is 1.92. The molecule has 4 heteroatoms. The number of hydrogen-bond acceptors (Lipinski definition) is 4. The molecule has 2 aliphatic heterocycles. The van der Waals surface area contributed by atoms with E-state index in [0.717, 1.165) is 50.7 Å². The van der Waals surface area contributed by atoms with Crippen molar-refractivity contribution in [2.45, 2.75) is 25.3 Å². The Morgan fingerprint density at radius 1 is 1.25 bits per heavy atom. The number of hydrogen-bond donors (Lipinski definition) is 1. The Morgan fingerprint density at radius 3 is 3.10 bits per heavy atom. The number of ether oxygens (including phenoxy) is 2. The highest BCUT2D eigenvalue weighted by Crippen LogP contribution is 2.41. The molecule has 0 aromatic heterocycles. The van der Waals surface area contributed by atoms with Gasteiger partial charge in [-0.05, 0) is 31.9 Å². The predicted molar refractivity (Wildman–Crippen MR) is 79.5 cm³/mol. The molecule has 1 aromatic carbocycles. The van der Waals surface area contributed by atoms with E-state index in [2.05, 4.69) is 22.3 Å². The maximum absolute atomic E-state index is 5.96. The summed E-state index contributed by atoms with van der Waals surface area (Å²) in [5.74, 6) is 1.82. The SMILES string of the molecule is COc1cccc2c1OCCCC2N1CCCNCC1. The second-order valence-corrected chi connectivity index (χ2v) is 5.52. The minimum absolute atomic E-state index is 0.461. The van der Waals surface area contributed by atoms with Gasteiger partial charge in [-0.25, -0.2) is 0 Å². The summed E-state index contributed by atoms with van der Waals surface area (Å²) in [4.78, 5) is 2.60. The molecule has 2 heterocycles. The summed E-state index contributed by atoms with van der Waals surface area (Å²) in [6, 6.07) is 6.73. The van der Waals surface area contributed by atoms with Gasteiger partial charge in [-0.15, -0.1) is 0 Å². The zero-order valence-corrected chi connectivity index (χ0v) is 12.2. The number of para-hydroxylation sites is 1. The van der Waals surface area contributed by atoms with E-state index in [9.17, 15) is 0 Å². The van der Waals surface area contributed by atoms with Crippen molar-refractivity contribution < 1.29 is 9.47 Å². The average molecular weight is 276 g/mol. The highest BCUT2D eigenvalue weighted by molar-refractivity contribution is 5.48. The summed E-state index contributed by atoms with van der Waals surface area (Å²) in [7, 11) is 1.72. The lowest BCUT2D eigenvalue weighted by Gasteiger charge is -2.30. The third kappa shape index (κ3) is 2.76. The number of benzene rings is 1. The van der Waals surface area contributed by atoms with Crippen LogP contribution in [0.4, 0.5) is 0 Å². The molecule has 1 atom stereocenters. The highest BCUT2D eigenvalue weighted by Gasteiger charge is 2.27. The van der Waals surface area contributed by atoms with Crippen LogP contribution in [-0.4, -0.2) is 44.8 Å². The van der Waals surface area contributed by atoms with Gasteiger partial charge >= 0.3 is 0 Å². The van der Waals surface area contributed by atoms with Gasteiger partial charge in [-0.1, -0.05) is 12.1 Å². The lowest BCUT2D eigenvalue weighted by molar-refractivity contribution is 0.199. The van der Waals surface area contributed by atoms with Crippen LogP contribution in [-0.2, 0) is 0 Å². The van der Waals surface area contributed by atoms with Crippen molar-refractivity contribution in [2.24, 2.45) is 0 Å². The minimum Gasteiger partial charge on any atom is -0.493 e. The van der Waals surface area contributed by atoms with Crippen molar-refractivity contribution in [1.82, 2.24) is 10.2 Å². The van der Waals surface area contributed by atoms with E-state index in [-0.39, 0.29) is 0 Å². The van der Waals surface area contributed by atoms with Gasteiger partial charge in [0.25, 0.3) is 0 Å². The largest absolute Gasteiger partial charge is 0.493 e. The van der Waals surface area contributed by atoms with Crippen LogP contribution < -0.4 is 14.8 Å². The van der Waals surface area contributed by atoms with Crippen LogP contribution in [0.3, 0.4) is 0 Å². The molecule has 110 valence electrons. The minimum atomic E-state index is 0.461. The molecule has 1 fully saturated rings. The second kappa shape index (κ2) is 6.46. The van der Waals surface area contributed by atoms with Crippen LogP contribution in [0.1, 0.15) is 30.9 Å². The molecule has 0 spiro atoms. The molecule has 0 amide bonds. The molecule has 0 saturated carbocycles. The van der Waals surface area contributed by atoms with E-state index in [0.29, 0.717) is 6.04 Å². The monoisotopic (exact) mass is 276 g/mol. The molecule has 1 aromatic rings. The predicted octanol–water partition coefficient (Wildman–Crippen LogP) is 2.20. The van der Waals surface area contributed by atoms with Gasteiger partial charge in [-0.3, -0.25) is 4.90 Å². The lowest BCUT2D eigenvalue weighted by atomic mass is 9.99. The summed E-state index contributed by atoms with van der Waals surface area (Å²) >= 11 is 0. The first-order valence-corrected chi connectivity index (χ1v) is 7.64. The van der Waals surface area contributed by atoms with E-state index in [1.54, 1.807) is 7.11 Å². The normalized spacial score (nSPS) is 24.1. The number of methoxy groups -OCH3 is 1. The average Bonchev–Trinajstić information content (AvgIpc) is 2.87. The first kappa shape index (κ1) is 13.7. The standard InChI is InChI=1S/C16H24N2O2/c1-19-15-7-2-5-13-14(6-3-12-20-16(13)15)18-10-4-8-17-9-11-18/h2,5,7,14,17H,3-4,6,8-12H2,1H3. The summed E-state index contributed by atoms with van der Waals surface area (Å²) < 4.78 is 11.4. The molecule has 3 rings (SSSR count). The number of rotatable bonds is 2. The molecule has 1 N–H and O–H groups in total. The van der Waals surface area contributed by atoms with Gasteiger partial charge < -0.3 is 14.8 Å². The molecule has 4 nitrogen and oxygen atoms in total. The van der Waals surface area contributed by atoms with Crippen LogP contribution in [0.25, 0.3) is 0 Å². The molecule has 0 bridgehead atoms. The van der Waals surface area contributed by atoms with Crippen LogP contribution in [0.2, 0.25) is 0 Å². The first-order chi connectivity index (χ1) is 9.90. The van der Waals surface area contributed by atoms with Crippen molar-refractivity contribution in [3.8, 4) is 11.5 Å². The van der Waals surface area contributed by atoms with Gasteiger partial charge in [0.15, 0.2) is 11.5 Å². The van der Waals surface area contributed by atoms with Crippen molar-refractivity contribution in [1.29, 1.82) is 0 Å². The summed E-state index contributed by atoms with van der Waals surface area (Å²) in [5.41, 5.74) is 1.30. The number of fused-ring (bicyclic) bond motifs is 1. The Kier molecular flexibility index (Phi) is 4.43. The van der Waals surface area contributed by atoms with Crippen molar-refractivity contribution in [2.75, 3.05) is 39.9 Å². The fraction of sp³-hybridized carbons (Fsp3) is 0.625. The van der Waals surface area contributed by atoms with Crippen LogP contribution in [0.15, 0.2) is 18.2 Å². The molecule has 1 unspecified atom stereocenters. The van der Waals surface area contributed by atoms with E-state index < -0.39 is 0 Å². The van der Waals surface area contributed by atoms with E-state index >= 15 is 0 Å². The Labute approximate surface area is 121 Å². The van der Waals surface area contributed by atoms with Gasteiger partial charge in [0.1, 0.15) is 0 Å². The van der Waals surface area contributed by atoms with Gasteiger partial charge in [0, 0.05) is 31.2 Å². The summed E-state index contributed by atoms with van der Waals surface area (Å²) in [6.07, 6.45) is 3.49. The number of nitrogens with one attached hydrogen (secondary N) is 1. The Hall–Kier alpha value is -1.26. The first-order valence-electron chi connectivity index (χ1n) is 7.64. The molecular weight excluding hydrogens is 252 g/mol. The van der Waals surface area contributed by atoms with Crippen molar-refractivity contribution in [3.05, 3.63) is 23.8 Å². The third-order valence-corrected chi connectivity index (χ3v) is 4.27. The molecule has 20 heavy (non-hydrogen) atoms. The van der Waals surface area contributed by atoms with E-state index in [1.807, 2.05) is 6.07 Å². The smallest absolute Gasteiger partial charge is 0.165 e. The maximum Gasteiger partial charge on any atom is 0.165 e. The highest BCUT2D eigenvalue weighted by atomic mass is 16.5.